The normalized spacial score (nSPS) is 10.9. The molecule has 27 heavy (non-hydrogen) atoms. The molecular formula is C18H13ClN4O2S2. The van der Waals surface area contributed by atoms with E-state index in [2.05, 4.69) is 20.5 Å². The zero-order valence-electron chi connectivity index (χ0n) is 14.1. The summed E-state index contributed by atoms with van der Waals surface area (Å²) in [6, 6.07) is 11.2. The second kappa shape index (κ2) is 7.59. The Labute approximate surface area is 167 Å². The molecule has 136 valence electrons. The lowest BCUT2D eigenvalue weighted by Crippen LogP contribution is -2.15. The molecule has 3 aromatic heterocycles. The van der Waals surface area contributed by atoms with Gasteiger partial charge in [0.2, 0.25) is 16.9 Å². The Kier molecular flexibility index (Phi) is 5.02. The fourth-order valence-corrected chi connectivity index (χ4v) is 4.16. The first-order chi connectivity index (χ1) is 13.1. The summed E-state index contributed by atoms with van der Waals surface area (Å²) < 4.78 is 5.66. The zero-order valence-corrected chi connectivity index (χ0v) is 16.5. The predicted molar refractivity (Wildman–Crippen MR) is 107 cm³/mol. The van der Waals surface area contributed by atoms with Crippen LogP contribution in [-0.4, -0.2) is 21.1 Å². The second-order valence-corrected chi connectivity index (χ2v) is 7.95. The first-order valence-corrected chi connectivity index (χ1v) is 10.1. The quantitative estimate of drug-likeness (QED) is 0.491. The van der Waals surface area contributed by atoms with Crippen molar-refractivity contribution in [2.24, 2.45) is 0 Å². The molecule has 1 N–H and O–H groups in total. The van der Waals surface area contributed by atoms with Gasteiger partial charge >= 0.3 is 0 Å². The van der Waals surface area contributed by atoms with E-state index in [1.807, 2.05) is 35.7 Å². The summed E-state index contributed by atoms with van der Waals surface area (Å²) in [5.41, 5.74) is 1.39. The van der Waals surface area contributed by atoms with Crippen LogP contribution in [0, 0.1) is 6.92 Å². The van der Waals surface area contributed by atoms with Crippen LogP contribution in [0.2, 0.25) is 5.02 Å². The molecule has 1 amide bonds. The van der Waals surface area contributed by atoms with Crippen LogP contribution >= 0.6 is 34.3 Å². The van der Waals surface area contributed by atoms with Crippen molar-refractivity contribution < 1.29 is 9.21 Å². The highest BCUT2D eigenvalue weighted by Crippen LogP contribution is 2.31. The summed E-state index contributed by atoms with van der Waals surface area (Å²) >= 11 is 8.98. The summed E-state index contributed by atoms with van der Waals surface area (Å²) in [5.74, 6) is 0.927. The van der Waals surface area contributed by atoms with E-state index in [9.17, 15) is 4.79 Å². The highest BCUT2D eigenvalue weighted by Gasteiger charge is 2.17. The van der Waals surface area contributed by atoms with E-state index in [0.717, 1.165) is 10.4 Å². The Morgan fingerprint density at radius 1 is 1.22 bits per heavy atom. The third-order valence-electron chi connectivity index (χ3n) is 3.73. The number of halogens is 1. The number of hydrogen-bond donors (Lipinski definition) is 1. The Hall–Kier alpha value is -2.55. The van der Waals surface area contributed by atoms with Crippen molar-refractivity contribution in [3.8, 4) is 21.3 Å². The molecule has 1 aromatic carbocycles. The topological polar surface area (TPSA) is 80.9 Å². The minimum Gasteiger partial charge on any atom is -0.440 e. The van der Waals surface area contributed by atoms with Gasteiger partial charge in [-0.2, -0.15) is 0 Å². The molecule has 3 heterocycles. The molecule has 6 nitrogen and oxygen atoms in total. The van der Waals surface area contributed by atoms with Crippen LogP contribution in [0.3, 0.4) is 0 Å². The summed E-state index contributed by atoms with van der Waals surface area (Å²) in [7, 11) is 0. The molecule has 4 rings (SSSR count). The maximum atomic E-state index is 12.4. The molecule has 0 saturated carbocycles. The molecule has 0 spiro atoms. The number of thiophene rings is 1. The maximum absolute atomic E-state index is 12.4. The molecule has 0 aliphatic heterocycles. The van der Waals surface area contributed by atoms with Crippen LogP contribution in [0.5, 0.6) is 0 Å². The Morgan fingerprint density at radius 2 is 2.07 bits per heavy atom. The lowest BCUT2D eigenvalue weighted by Gasteiger charge is -1.99. The first-order valence-electron chi connectivity index (χ1n) is 7.98. The van der Waals surface area contributed by atoms with Gasteiger partial charge < -0.3 is 9.73 Å². The molecule has 0 unspecified atom stereocenters. The van der Waals surface area contributed by atoms with Crippen LogP contribution in [0.1, 0.15) is 11.5 Å². The van der Waals surface area contributed by atoms with E-state index in [0.29, 0.717) is 32.5 Å². The van der Waals surface area contributed by atoms with Gasteiger partial charge in [0, 0.05) is 5.56 Å². The minimum atomic E-state index is -0.231. The number of anilines is 1. The van der Waals surface area contributed by atoms with Crippen molar-refractivity contribution in [3.05, 3.63) is 58.3 Å². The Morgan fingerprint density at radius 3 is 2.85 bits per heavy atom. The van der Waals surface area contributed by atoms with Crippen molar-refractivity contribution in [2.45, 2.75) is 13.3 Å². The van der Waals surface area contributed by atoms with Gasteiger partial charge in [-0.25, -0.2) is 4.98 Å². The largest absolute Gasteiger partial charge is 0.440 e. The second-order valence-electron chi connectivity index (χ2n) is 5.62. The zero-order chi connectivity index (χ0) is 18.8. The lowest BCUT2D eigenvalue weighted by atomic mass is 10.2. The van der Waals surface area contributed by atoms with Gasteiger partial charge in [0.15, 0.2) is 5.01 Å². The molecule has 9 heteroatoms. The molecule has 0 atom stereocenters. The highest BCUT2D eigenvalue weighted by atomic mass is 35.5. The number of benzene rings is 1. The van der Waals surface area contributed by atoms with E-state index in [4.69, 9.17) is 16.0 Å². The predicted octanol–water partition coefficient (Wildman–Crippen LogP) is 5.06. The van der Waals surface area contributed by atoms with E-state index in [1.54, 1.807) is 13.0 Å². The smallest absolute Gasteiger partial charge is 0.236 e. The van der Waals surface area contributed by atoms with Crippen LogP contribution in [-0.2, 0) is 11.2 Å². The van der Waals surface area contributed by atoms with Crippen molar-refractivity contribution in [3.63, 3.8) is 0 Å². The number of nitrogens with one attached hydrogen (secondary N) is 1. The van der Waals surface area contributed by atoms with Crippen molar-refractivity contribution >= 4 is 45.3 Å². The van der Waals surface area contributed by atoms with Gasteiger partial charge in [0.25, 0.3) is 0 Å². The number of aryl methyl sites for hydroxylation is 1. The van der Waals surface area contributed by atoms with Crippen LogP contribution in [0.4, 0.5) is 5.13 Å². The highest BCUT2D eigenvalue weighted by molar-refractivity contribution is 7.18. The summed E-state index contributed by atoms with van der Waals surface area (Å²) in [4.78, 5) is 17.7. The van der Waals surface area contributed by atoms with E-state index < -0.39 is 0 Å². The molecule has 0 bridgehead atoms. The van der Waals surface area contributed by atoms with Gasteiger partial charge in [-0.3, -0.25) is 4.79 Å². The van der Waals surface area contributed by atoms with Crippen LogP contribution in [0.25, 0.3) is 21.3 Å². The number of aromatic nitrogens is 3. The Bertz CT molecular complexity index is 1090. The van der Waals surface area contributed by atoms with Gasteiger partial charge in [-0.15, -0.1) is 21.5 Å². The summed E-state index contributed by atoms with van der Waals surface area (Å²) in [5, 5.41) is 14.5. The first kappa shape index (κ1) is 17.8. The van der Waals surface area contributed by atoms with Gasteiger partial charge in [0.1, 0.15) is 5.76 Å². The molecule has 4 aromatic rings. The number of hydrogen-bond acceptors (Lipinski definition) is 7. The molecule has 0 radical (unpaired) electrons. The Balaban J connectivity index is 1.45. The summed E-state index contributed by atoms with van der Waals surface area (Å²) in [6.45, 7) is 1.80. The number of oxazole rings is 1. The molecular weight excluding hydrogens is 404 g/mol. The van der Waals surface area contributed by atoms with Gasteiger partial charge in [-0.1, -0.05) is 47.2 Å². The van der Waals surface area contributed by atoms with Crippen molar-refractivity contribution in [1.29, 1.82) is 0 Å². The SMILES string of the molecule is Cc1oc(-c2cccs2)nc1CC(=O)Nc1nnc(-c2ccccc2Cl)s1. The third kappa shape index (κ3) is 3.92. The van der Waals surface area contributed by atoms with Crippen LogP contribution in [0.15, 0.2) is 46.2 Å². The standard InChI is InChI=1S/C18H13ClN4O2S2/c1-10-13(20-16(25-10)14-7-4-8-26-14)9-15(24)21-18-23-22-17(27-18)11-5-2-3-6-12(11)19/h2-8H,9H2,1H3,(H,21,23,24). The average molecular weight is 417 g/mol. The third-order valence-corrected chi connectivity index (χ3v) is 5.79. The monoisotopic (exact) mass is 416 g/mol. The average Bonchev–Trinajstić information content (AvgIpc) is 3.38. The number of amides is 1. The fraction of sp³-hybridized carbons (Fsp3) is 0.111. The van der Waals surface area contributed by atoms with Crippen molar-refractivity contribution in [1.82, 2.24) is 15.2 Å². The van der Waals surface area contributed by atoms with Crippen molar-refractivity contribution in [2.75, 3.05) is 5.32 Å². The van der Waals surface area contributed by atoms with E-state index in [1.165, 1.54) is 22.7 Å². The van der Waals surface area contributed by atoms with Gasteiger partial charge in [0.05, 0.1) is 22.0 Å². The minimum absolute atomic E-state index is 0.0989. The fourth-order valence-electron chi connectivity index (χ4n) is 2.43. The number of carbonyl (C=O) groups is 1. The summed E-state index contributed by atoms with van der Waals surface area (Å²) in [6.07, 6.45) is 0.0989. The maximum Gasteiger partial charge on any atom is 0.236 e. The lowest BCUT2D eigenvalue weighted by molar-refractivity contribution is -0.115. The van der Waals surface area contributed by atoms with E-state index >= 15 is 0 Å². The molecule has 0 aliphatic carbocycles. The molecule has 0 aliphatic rings. The number of carbonyl (C=O) groups excluding carboxylic acids is 1. The number of nitrogens with zero attached hydrogens (tertiary/aromatic N) is 3. The van der Waals surface area contributed by atoms with E-state index in [-0.39, 0.29) is 12.3 Å². The molecule has 0 fully saturated rings. The van der Waals surface area contributed by atoms with Crippen LogP contribution < -0.4 is 5.32 Å². The van der Waals surface area contributed by atoms with Gasteiger partial charge in [-0.05, 0) is 24.4 Å². The number of rotatable bonds is 5. The molecule has 0 saturated heterocycles.